The monoisotopic (exact) mass is 234 g/mol. The number of aryl methyl sites for hydroxylation is 1. The highest BCUT2D eigenvalue weighted by atomic mass is 14.9. The van der Waals surface area contributed by atoms with E-state index in [0.717, 1.165) is 13.0 Å². The Hall–Kier alpha value is -0.890. The fourth-order valence-electron chi connectivity index (χ4n) is 1.82. The fraction of sp³-hybridized carbons (Fsp3) is 0.667. The summed E-state index contributed by atoms with van der Waals surface area (Å²) in [6, 6.07) is 2.24. The number of hydrogen-bond acceptors (Lipinski definition) is 2. The second kappa shape index (κ2) is 5.18. The molecule has 0 saturated heterocycles. The van der Waals surface area contributed by atoms with Crippen molar-refractivity contribution in [2.24, 2.45) is 0 Å². The van der Waals surface area contributed by atoms with Gasteiger partial charge < -0.3 is 5.32 Å². The predicted octanol–water partition coefficient (Wildman–Crippen LogP) is 3.45. The van der Waals surface area contributed by atoms with E-state index in [4.69, 9.17) is 0 Å². The molecular formula is C15H26N2. The van der Waals surface area contributed by atoms with Crippen LogP contribution in [0.25, 0.3) is 0 Å². The van der Waals surface area contributed by atoms with Crippen LogP contribution >= 0.6 is 0 Å². The molecule has 17 heavy (non-hydrogen) atoms. The summed E-state index contributed by atoms with van der Waals surface area (Å²) >= 11 is 0. The van der Waals surface area contributed by atoms with E-state index in [2.05, 4.69) is 57.9 Å². The van der Waals surface area contributed by atoms with Crippen molar-refractivity contribution < 1.29 is 0 Å². The molecule has 0 saturated carbocycles. The SMILES string of the molecule is Cc1cncc(C(C)(C)CCNC(C)(C)C)c1. The number of rotatable bonds is 4. The van der Waals surface area contributed by atoms with Gasteiger partial charge >= 0.3 is 0 Å². The zero-order valence-electron chi connectivity index (χ0n) is 12.1. The molecule has 0 radical (unpaired) electrons. The summed E-state index contributed by atoms with van der Waals surface area (Å²) in [6.07, 6.45) is 5.02. The van der Waals surface area contributed by atoms with Crippen LogP contribution in [0.4, 0.5) is 0 Å². The van der Waals surface area contributed by atoms with Crippen LogP contribution in [0, 0.1) is 6.92 Å². The zero-order chi connectivity index (χ0) is 13.1. The fourth-order valence-corrected chi connectivity index (χ4v) is 1.82. The number of nitrogens with one attached hydrogen (secondary N) is 1. The van der Waals surface area contributed by atoms with Gasteiger partial charge in [-0.3, -0.25) is 4.98 Å². The minimum Gasteiger partial charge on any atom is -0.312 e. The molecule has 0 aliphatic heterocycles. The topological polar surface area (TPSA) is 24.9 Å². The average Bonchev–Trinajstić information content (AvgIpc) is 2.15. The normalized spacial score (nSPS) is 12.8. The Morgan fingerprint density at radius 2 is 1.76 bits per heavy atom. The molecule has 0 bridgehead atoms. The summed E-state index contributed by atoms with van der Waals surface area (Å²) < 4.78 is 0. The highest BCUT2D eigenvalue weighted by Crippen LogP contribution is 2.26. The molecule has 2 nitrogen and oxygen atoms in total. The Morgan fingerprint density at radius 1 is 1.12 bits per heavy atom. The van der Waals surface area contributed by atoms with Crippen molar-refractivity contribution in [1.29, 1.82) is 0 Å². The predicted molar refractivity (Wildman–Crippen MR) is 74.4 cm³/mol. The molecule has 1 aromatic heterocycles. The lowest BCUT2D eigenvalue weighted by atomic mass is 9.82. The first-order valence-electron chi connectivity index (χ1n) is 6.38. The van der Waals surface area contributed by atoms with Crippen LogP contribution in [0.2, 0.25) is 0 Å². The van der Waals surface area contributed by atoms with E-state index in [1.165, 1.54) is 11.1 Å². The Balaban J connectivity index is 2.62. The number of aromatic nitrogens is 1. The standard InChI is InChI=1S/C15H26N2/c1-12-9-13(11-16-10-12)15(5,6)7-8-17-14(2,3)4/h9-11,17H,7-8H2,1-6H3. The van der Waals surface area contributed by atoms with E-state index in [1.807, 2.05) is 12.4 Å². The third-order valence-electron chi connectivity index (χ3n) is 3.06. The van der Waals surface area contributed by atoms with E-state index in [-0.39, 0.29) is 11.0 Å². The van der Waals surface area contributed by atoms with Crippen LogP contribution < -0.4 is 5.32 Å². The maximum atomic E-state index is 4.29. The molecule has 0 fully saturated rings. The van der Waals surface area contributed by atoms with Crippen LogP contribution in [0.3, 0.4) is 0 Å². The van der Waals surface area contributed by atoms with Gasteiger partial charge in [-0.15, -0.1) is 0 Å². The van der Waals surface area contributed by atoms with Gasteiger partial charge in [0.1, 0.15) is 0 Å². The molecule has 0 unspecified atom stereocenters. The second-order valence-electron chi connectivity index (χ2n) is 6.56. The highest BCUT2D eigenvalue weighted by molar-refractivity contribution is 5.24. The summed E-state index contributed by atoms with van der Waals surface area (Å²) in [5.74, 6) is 0. The molecule has 0 aliphatic carbocycles. The third kappa shape index (κ3) is 4.86. The first-order chi connectivity index (χ1) is 7.71. The minimum atomic E-state index is 0.178. The largest absolute Gasteiger partial charge is 0.312 e. The smallest absolute Gasteiger partial charge is 0.0305 e. The first kappa shape index (κ1) is 14.2. The third-order valence-corrected chi connectivity index (χ3v) is 3.06. The number of hydrogen-bond donors (Lipinski definition) is 1. The van der Waals surface area contributed by atoms with Gasteiger partial charge in [0, 0.05) is 17.9 Å². The number of nitrogens with zero attached hydrogens (tertiary/aromatic N) is 1. The summed E-state index contributed by atoms with van der Waals surface area (Å²) in [5.41, 5.74) is 2.94. The van der Waals surface area contributed by atoms with Gasteiger partial charge in [-0.25, -0.2) is 0 Å². The van der Waals surface area contributed by atoms with Gasteiger partial charge in [-0.2, -0.15) is 0 Å². The van der Waals surface area contributed by atoms with Crippen LogP contribution in [0.1, 0.15) is 52.2 Å². The molecule has 2 heteroatoms. The van der Waals surface area contributed by atoms with Crippen molar-refractivity contribution in [2.75, 3.05) is 6.54 Å². The maximum Gasteiger partial charge on any atom is 0.0305 e. The lowest BCUT2D eigenvalue weighted by molar-refractivity contribution is 0.379. The quantitative estimate of drug-likeness (QED) is 0.863. The van der Waals surface area contributed by atoms with E-state index in [1.54, 1.807) is 0 Å². The first-order valence-corrected chi connectivity index (χ1v) is 6.38. The van der Waals surface area contributed by atoms with Crippen LogP contribution in [0.5, 0.6) is 0 Å². The van der Waals surface area contributed by atoms with Gasteiger partial charge in [0.2, 0.25) is 0 Å². The minimum absolute atomic E-state index is 0.178. The average molecular weight is 234 g/mol. The zero-order valence-corrected chi connectivity index (χ0v) is 12.1. The molecule has 1 N–H and O–H groups in total. The Morgan fingerprint density at radius 3 is 2.29 bits per heavy atom. The summed E-state index contributed by atoms with van der Waals surface area (Å²) in [5, 5.41) is 3.54. The van der Waals surface area contributed by atoms with Gasteiger partial charge in [0.15, 0.2) is 0 Å². The highest BCUT2D eigenvalue weighted by Gasteiger charge is 2.21. The molecular weight excluding hydrogens is 208 g/mol. The molecule has 1 heterocycles. The Labute approximate surface area is 106 Å². The van der Waals surface area contributed by atoms with Gasteiger partial charge in [-0.05, 0) is 57.2 Å². The Bertz CT molecular complexity index is 361. The summed E-state index contributed by atoms with van der Waals surface area (Å²) in [6.45, 7) is 14.3. The van der Waals surface area contributed by atoms with E-state index >= 15 is 0 Å². The Kier molecular flexibility index (Phi) is 4.31. The van der Waals surface area contributed by atoms with E-state index in [9.17, 15) is 0 Å². The van der Waals surface area contributed by atoms with Crippen molar-refractivity contribution in [1.82, 2.24) is 10.3 Å². The van der Waals surface area contributed by atoms with Gasteiger partial charge in [-0.1, -0.05) is 19.9 Å². The van der Waals surface area contributed by atoms with Crippen LogP contribution in [0.15, 0.2) is 18.5 Å². The van der Waals surface area contributed by atoms with Crippen molar-refractivity contribution in [3.05, 3.63) is 29.6 Å². The summed E-state index contributed by atoms with van der Waals surface area (Å²) in [4.78, 5) is 4.29. The maximum absolute atomic E-state index is 4.29. The van der Waals surface area contributed by atoms with Crippen molar-refractivity contribution >= 4 is 0 Å². The molecule has 1 rings (SSSR count). The second-order valence-corrected chi connectivity index (χ2v) is 6.56. The van der Waals surface area contributed by atoms with Gasteiger partial charge in [0.25, 0.3) is 0 Å². The van der Waals surface area contributed by atoms with Crippen molar-refractivity contribution in [3.8, 4) is 0 Å². The molecule has 0 spiro atoms. The van der Waals surface area contributed by atoms with E-state index in [0.29, 0.717) is 0 Å². The summed E-state index contributed by atoms with van der Waals surface area (Å²) in [7, 11) is 0. The van der Waals surface area contributed by atoms with E-state index < -0.39 is 0 Å². The molecule has 0 aromatic carbocycles. The molecule has 0 atom stereocenters. The molecule has 0 aliphatic rings. The molecule has 96 valence electrons. The van der Waals surface area contributed by atoms with Crippen LogP contribution in [-0.4, -0.2) is 17.1 Å². The molecule has 1 aromatic rings. The number of pyridine rings is 1. The lowest BCUT2D eigenvalue weighted by Gasteiger charge is -2.28. The van der Waals surface area contributed by atoms with Gasteiger partial charge in [0.05, 0.1) is 0 Å². The lowest BCUT2D eigenvalue weighted by Crippen LogP contribution is -2.38. The van der Waals surface area contributed by atoms with Crippen LogP contribution in [-0.2, 0) is 5.41 Å². The molecule has 0 amide bonds. The van der Waals surface area contributed by atoms with Crippen molar-refractivity contribution in [2.45, 2.75) is 58.9 Å². The van der Waals surface area contributed by atoms with Crippen molar-refractivity contribution in [3.63, 3.8) is 0 Å².